The van der Waals surface area contributed by atoms with E-state index in [1.54, 1.807) is 24.5 Å². The largest absolute Gasteiger partial charge is 0.361 e. The van der Waals surface area contributed by atoms with Gasteiger partial charge in [-0.15, -0.1) is 0 Å². The van der Waals surface area contributed by atoms with Gasteiger partial charge in [-0.3, -0.25) is 20.0 Å². The Labute approximate surface area is 208 Å². The van der Waals surface area contributed by atoms with Crippen LogP contribution in [0, 0.1) is 0 Å². The Morgan fingerprint density at radius 1 is 0.889 bits per heavy atom. The second-order valence-electron chi connectivity index (χ2n) is 8.33. The maximum Gasteiger partial charge on any atom is 0.334 e. The SMILES string of the molecule is O=C(Cc1cccnc1)NNC(=O)NC(Cc1c[nH]c2ccccc12)C(=O)NCCc1ccccc1. The Morgan fingerprint density at radius 2 is 1.67 bits per heavy atom. The lowest BCUT2D eigenvalue weighted by molar-refractivity contribution is -0.122. The number of urea groups is 1. The van der Waals surface area contributed by atoms with Gasteiger partial charge in [0.25, 0.3) is 0 Å². The van der Waals surface area contributed by atoms with Gasteiger partial charge < -0.3 is 15.6 Å². The molecule has 0 fully saturated rings. The normalized spacial score (nSPS) is 11.4. The van der Waals surface area contributed by atoms with Gasteiger partial charge in [0.05, 0.1) is 6.42 Å². The Kier molecular flexibility index (Phi) is 8.27. The van der Waals surface area contributed by atoms with Gasteiger partial charge in [0.1, 0.15) is 6.04 Å². The Bertz CT molecular complexity index is 1310. The number of aromatic amines is 1. The average molecular weight is 485 g/mol. The fourth-order valence-corrected chi connectivity index (χ4v) is 3.88. The predicted molar refractivity (Wildman–Crippen MR) is 137 cm³/mol. The quantitative estimate of drug-likeness (QED) is 0.234. The van der Waals surface area contributed by atoms with Crippen molar-refractivity contribution in [2.45, 2.75) is 25.3 Å². The second-order valence-corrected chi connectivity index (χ2v) is 8.33. The minimum atomic E-state index is -0.852. The number of hydrogen-bond acceptors (Lipinski definition) is 4. The molecular formula is C27H28N6O3. The predicted octanol–water partition coefficient (Wildman–Crippen LogP) is 2.41. The summed E-state index contributed by atoms with van der Waals surface area (Å²) in [5.74, 6) is -0.716. The molecule has 184 valence electrons. The van der Waals surface area contributed by atoms with Crippen molar-refractivity contribution in [3.05, 3.63) is 102 Å². The summed E-state index contributed by atoms with van der Waals surface area (Å²) < 4.78 is 0. The average Bonchev–Trinajstić information content (AvgIpc) is 3.31. The molecule has 1 atom stereocenters. The summed E-state index contributed by atoms with van der Waals surface area (Å²) in [6.07, 6.45) is 6.04. The molecule has 0 spiro atoms. The van der Waals surface area contributed by atoms with Gasteiger partial charge in [0.15, 0.2) is 0 Å². The van der Waals surface area contributed by atoms with Crippen LogP contribution in [0.1, 0.15) is 16.7 Å². The van der Waals surface area contributed by atoms with E-state index in [4.69, 9.17) is 0 Å². The molecule has 4 rings (SSSR count). The van der Waals surface area contributed by atoms with Gasteiger partial charge in [0.2, 0.25) is 11.8 Å². The zero-order chi connectivity index (χ0) is 25.2. The molecule has 9 heteroatoms. The molecule has 0 aliphatic heterocycles. The lowest BCUT2D eigenvalue weighted by Crippen LogP contribution is -2.55. The number of carbonyl (C=O) groups excluding carboxylic acids is 3. The van der Waals surface area contributed by atoms with Crippen molar-refractivity contribution in [3.8, 4) is 0 Å². The van der Waals surface area contributed by atoms with E-state index < -0.39 is 18.0 Å². The number of carbonyl (C=O) groups is 3. The van der Waals surface area contributed by atoms with Crippen molar-refractivity contribution in [3.63, 3.8) is 0 Å². The number of hydrogen-bond donors (Lipinski definition) is 5. The van der Waals surface area contributed by atoms with E-state index in [0.29, 0.717) is 18.5 Å². The second kappa shape index (κ2) is 12.2. The van der Waals surface area contributed by atoms with E-state index in [1.807, 2.05) is 60.8 Å². The monoisotopic (exact) mass is 484 g/mol. The fraction of sp³-hybridized carbons (Fsp3) is 0.185. The van der Waals surface area contributed by atoms with Gasteiger partial charge in [0, 0.05) is 42.5 Å². The molecule has 4 amide bonds. The highest BCUT2D eigenvalue weighted by molar-refractivity contribution is 5.90. The molecule has 5 N–H and O–H groups in total. The molecule has 1 unspecified atom stereocenters. The van der Waals surface area contributed by atoms with Crippen LogP contribution in [0.3, 0.4) is 0 Å². The zero-order valence-corrected chi connectivity index (χ0v) is 19.7. The summed E-state index contributed by atoms with van der Waals surface area (Å²) in [5, 5.41) is 6.57. The van der Waals surface area contributed by atoms with E-state index in [-0.39, 0.29) is 18.7 Å². The van der Waals surface area contributed by atoms with E-state index in [2.05, 4.69) is 31.5 Å². The number of nitrogens with zero attached hydrogens (tertiary/aromatic N) is 1. The topological polar surface area (TPSA) is 128 Å². The highest BCUT2D eigenvalue weighted by Gasteiger charge is 2.22. The molecule has 2 heterocycles. The molecule has 2 aromatic heterocycles. The number of rotatable bonds is 9. The first kappa shape index (κ1) is 24.5. The molecule has 2 aromatic carbocycles. The molecular weight excluding hydrogens is 456 g/mol. The smallest absolute Gasteiger partial charge is 0.334 e. The van der Waals surface area contributed by atoms with Crippen molar-refractivity contribution >= 4 is 28.7 Å². The first-order chi connectivity index (χ1) is 17.6. The number of benzene rings is 2. The maximum absolute atomic E-state index is 13.1. The summed E-state index contributed by atoms with van der Waals surface area (Å²) >= 11 is 0. The van der Waals surface area contributed by atoms with Crippen LogP contribution in [0.5, 0.6) is 0 Å². The van der Waals surface area contributed by atoms with Crippen LogP contribution in [0.2, 0.25) is 0 Å². The standard InChI is InChI=1S/C27H28N6O3/c34-25(15-20-9-6-13-28-17-20)32-33-27(36)31-24(16-21-18-30-23-11-5-4-10-22(21)23)26(35)29-14-12-19-7-2-1-3-8-19/h1-11,13,17-18,24,30H,12,14-16H2,(H,29,35)(H,32,34)(H2,31,33,36). The first-order valence-corrected chi connectivity index (χ1v) is 11.7. The number of H-pyrrole nitrogens is 1. The molecule has 0 saturated carbocycles. The van der Waals surface area contributed by atoms with E-state index in [0.717, 1.165) is 22.0 Å². The molecule has 4 aromatic rings. The number of amides is 4. The first-order valence-electron chi connectivity index (χ1n) is 11.7. The van der Waals surface area contributed by atoms with Crippen LogP contribution >= 0.6 is 0 Å². The van der Waals surface area contributed by atoms with Crippen LogP contribution in [-0.4, -0.2) is 40.4 Å². The highest BCUT2D eigenvalue weighted by atomic mass is 16.2. The molecule has 0 bridgehead atoms. The third-order valence-corrected chi connectivity index (χ3v) is 5.68. The Hall–Kier alpha value is -4.66. The molecule has 0 aliphatic rings. The van der Waals surface area contributed by atoms with Gasteiger partial charge in [-0.25, -0.2) is 10.2 Å². The van der Waals surface area contributed by atoms with E-state index in [9.17, 15) is 14.4 Å². The summed E-state index contributed by atoms with van der Waals surface area (Å²) in [6, 6.07) is 19.6. The maximum atomic E-state index is 13.1. The third kappa shape index (κ3) is 6.92. The molecule has 9 nitrogen and oxygen atoms in total. The Balaban J connectivity index is 1.36. The highest BCUT2D eigenvalue weighted by Crippen LogP contribution is 2.19. The van der Waals surface area contributed by atoms with Crippen LogP contribution in [0.4, 0.5) is 4.79 Å². The summed E-state index contributed by atoms with van der Waals surface area (Å²) in [5.41, 5.74) is 8.36. The molecule has 0 radical (unpaired) electrons. The van der Waals surface area contributed by atoms with Crippen LogP contribution in [0.15, 0.2) is 85.3 Å². The number of fused-ring (bicyclic) bond motifs is 1. The third-order valence-electron chi connectivity index (χ3n) is 5.68. The van der Waals surface area contributed by atoms with Crippen molar-refractivity contribution in [1.29, 1.82) is 0 Å². The molecule has 36 heavy (non-hydrogen) atoms. The number of hydrazine groups is 1. The Morgan fingerprint density at radius 3 is 2.47 bits per heavy atom. The lowest BCUT2D eigenvalue weighted by atomic mass is 10.0. The van der Waals surface area contributed by atoms with Crippen molar-refractivity contribution < 1.29 is 14.4 Å². The van der Waals surface area contributed by atoms with E-state index in [1.165, 1.54) is 0 Å². The van der Waals surface area contributed by atoms with Crippen molar-refractivity contribution in [2.75, 3.05) is 6.54 Å². The number of para-hydroxylation sites is 1. The zero-order valence-electron chi connectivity index (χ0n) is 19.7. The number of pyridine rings is 1. The van der Waals surface area contributed by atoms with Gasteiger partial charge in [-0.1, -0.05) is 54.6 Å². The minimum Gasteiger partial charge on any atom is -0.361 e. The molecule has 0 aliphatic carbocycles. The van der Waals surface area contributed by atoms with Crippen molar-refractivity contribution in [2.24, 2.45) is 0 Å². The van der Waals surface area contributed by atoms with Gasteiger partial charge >= 0.3 is 6.03 Å². The van der Waals surface area contributed by atoms with Gasteiger partial charge in [-0.2, -0.15) is 0 Å². The van der Waals surface area contributed by atoms with Gasteiger partial charge in [-0.05, 0) is 35.2 Å². The van der Waals surface area contributed by atoms with Crippen LogP contribution in [0.25, 0.3) is 10.9 Å². The number of nitrogens with one attached hydrogen (secondary N) is 5. The number of aromatic nitrogens is 2. The molecule has 0 saturated heterocycles. The minimum absolute atomic E-state index is 0.0624. The van der Waals surface area contributed by atoms with Crippen LogP contribution in [-0.2, 0) is 28.9 Å². The summed E-state index contributed by atoms with van der Waals surface area (Å²) in [6.45, 7) is 0.429. The summed E-state index contributed by atoms with van der Waals surface area (Å²) in [4.78, 5) is 44.9. The summed E-state index contributed by atoms with van der Waals surface area (Å²) in [7, 11) is 0. The lowest BCUT2D eigenvalue weighted by Gasteiger charge is -2.19. The fourth-order valence-electron chi connectivity index (χ4n) is 3.88. The van der Waals surface area contributed by atoms with E-state index >= 15 is 0 Å². The van der Waals surface area contributed by atoms with Crippen molar-refractivity contribution in [1.82, 2.24) is 31.5 Å². The van der Waals surface area contributed by atoms with Crippen LogP contribution < -0.4 is 21.5 Å².